The molecule has 0 rings (SSSR count). The van der Waals surface area contributed by atoms with Crippen molar-refractivity contribution in [3.63, 3.8) is 0 Å². The van der Waals surface area contributed by atoms with Crippen molar-refractivity contribution >= 4 is 0 Å². The average molecular weight is 211 g/mol. The third-order valence-corrected chi connectivity index (χ3v) is 3.23. The fraction of sp³-hybridized carbons (Fsp3) is 0.857. The maximum absolute atomic E-state index is 2.50. The lowest BCUT2D eigenvalue weighted by Crippen LogP contribution is -2.30. The highest BCUT2D eigenvalue weighted by Crippen LogP contribution is 2.29. The van der Waals surface area contributed by atoms with Gasteiger partial charge in [0.25, 0.3) is 0 Å². The molecule has 0 aromatic rings. The minimum atomic E-state index is 0.308. The Labute approximate surface area is 96.6 Å². The standard InChI is InChI=1S/C14H29N/c1-8-12(4)13(14(5,6)7)11-15(9-2)10-3/h8-11H2,1-7H3/b13-12-. The average Bonchev–Trinajstić information content (AvgIpc) is 2.16. The van der Waals surface area contributed by atoms with Crippen molar-refractivity contribution in [2.24, 2.45) is 5.41 Å². The van der Waals surface area contributed by atoms with Crippen LogP contribution in [0.15, 0.2) is 11.1 Å². The molecule has 0 bridgehead atoms. The van der Waals surface area contributed by atoms with Gasteiger partial charge in [-0.1, -0.05) is 52.7 Å². The summed E-state index contributed by atoms with van der Waals surface area (Å²) in [7, 11) is 0. The molecule has 0 spiro atoms. The maximum Gasteiger partial charge on any atom is 0.0200 e. The first-order valence-electron chi connectivity index (χ1n) is 6.28. The predicted octanol–water partition coefficient (Wildman–Crippen LogP) is 4.10. The molecule has 0 radical (unpaired) electrons. The lowest BCUT2D eigenvalue weighted by molar-refractivity contribution is 0.302. The smallest absolute Gasteiger partial charge is 0.0200 e. The van der Waals surface area contributed by atoms with Crippen LogP contribution >= 0.6 is 0 Å². The lowest BCUT2D eigenvalue weighted by atomic mass is 9.82. The molecular formula is C14H29N. The molecule has 0 aliphatic carbocycles. The van der Waals surface area contributed by atoms with Crippen LogP contribution in [0.4, 0.5) is 0 Å². The summed E-state index contributed by atoms with van der Waals surface area (Å²) in [5.74, 6) is 0. The second-order valence-corrected chi connectivity index (χ2v) is 5.32. The molecule has 0 aromatic heterocycles. The van der Waals surface area contributed by atoms with E-state index in [-0.39, 0.29) is 0 Å². The van der Waals surface area contributed by atoms with Gasteiger partial charge >= 0.3 is 0 Å². The van der Waals surface area contributed by atoms with Gasteiger partial charge in [-0.15, -0.1) is 0 Å². The Kier molecular flexibility index (Phi) is 6.19. The van der Waals surface area contributed by atoms with Gasteiger partial charge in [0.15, 0.2) is 0 Å². The summed E-state index contributed by atoms with van der Waals surface area (Å²) in [6, 6.07) is 0. The van der Waals surface area contributed by atoms with E-state index >= 15 is 0 Å². The van der Waals surface area contributed by atoms with Crippen LogP contribution in [0.5, 0.6) is 0 Å². The second kappa shape index (κ2) is 6.32. The van der Waals surface area contributed by atoms with Gasteiger partial charge in [0.2, 0.25) is 0 Å². The fourth-order valence-corrected chi connectivity index (χ4v) is 1.90. The van der Waals surface area contributed by atoms with Crippen LogP contribution in [-0.4, -0.2) is 24.5 Å². The third-order valence-electron chi connectivity index (χ3n) is 3.23. The normalized spacial score (nSPS) is 14.4. The molecule has 1 nitrogen and oxygen atoms in total. The highest BCUT2D eigenvalue weighted by molar-refractivity contribution is 5.20. The fourth-order valence-electron chi connectivity index (χ4n) is 1.90. The van der Waals surface area contributed by atoms with E-state index in [1.807, 2.05) is 0 Å². The van der Waals surface area contributed by atoms with Crippen molar-refractivity contribution in [2.45, 2.75) is 54.9 Å². The van der Waals surface area contributed by atoms with Gasteiger partial charge in [-0.05, 0) is 31.8 Å². The molecule has 0 aliphatic heterocycles. The van der Waals surface area contributed by atoms with Crippen molar-refractivity contribution in [3.05, 3.63) is 11.1 Å². The second-order valence-electron chi connectivity index (χ2n) is 5.32. The topological polar surface area (TPSA) is 3.24 Å². The van der Waals surface area contributed by atoms with Crippen LogP contribution < -0.4 is 0 Å². The zero-order valence-corrected chi connectivity index (χ0v) is 11.8. The predicted molar refractivity (Wildman–Crippen MR) is 70.2 cm³/mol. The van der Waals surface area contributed by atoms with E-state index in [1.54, 1.807) is 11.1 Å². The maximum atomic E-state index is 2.50. The summed E-state index contributed by atoms with van der Waals surface area (Å²) in [5.41, 5.74) is 3.49. The first kappa shape index (κ1) is 14.7. The van der Waals surface area contributed by atoms with Crippen molar-refractivity contribution < 1.29 is 0 Å². The molecule has 0 heterocycles. The van der Waals surface area contributed by atoms with Gasteiger partial charge in [0.1, 0.15) is 0 Å². The highest BCUT2D eigenvalue weighted by atomic mass is 15.1. The van der Waals surface area contributed by atoms with Gasteiger partial charge < -0.3 is 0 Å². The summed E-state index contributed by atoms with van der Waals surface area (Å²) in [6.45, 7) is 19.4. The molecule has 0 saturated carbocycles. The van der Waals surface area contributed by atoms with Crippen LogP contribution in [0.1, 0.15) is 54.9 Å². The van der Waals surface area contributed by atoms with Crippen molar-refractivity contribution in [3.8, 4) is 0 Å². The molecule has 0 unspecified atom stereocenters. The Hall–Kier alpha value is -0.300. The quantitative estimate of drug-likeness (QED) is 0.619. The minimum Gasteiger partial charge on any atom is -0.300 e. The number of hydrogen-bond donors (Lipinski definition) is 0. The molecule has 90 valence electrons. The van der Waals surface area contributed by atoms with Gasteiger partial charge in [-0.3, -0.25) is 4.90 Å². The molecule has 0 aromatic carbocycles. The summed E-state index contributed by atoms with van der Waals surface area (Å²) >= 11 is 0. The van der Waals surface area contributed by atoms with Crippen LogP contribution in [0.3, 0.4) is 0 Å². The van der Waals surface area contributed by atoms with Crippen LogP contribution in [0.2, 0.25) is 0 Å². The van der Waals surface area contributed by atoms with E-state index in [0.717, 1.165) is 19.6 Å². The van der Waals surface area contributed by atoms with E-state index in [1.165, 1.54) is 6.42 Å². The van der Waals surface area contributed by atoms with Gasteiger partial charge in [0.05, 0.1) is 0 Å². The van der Waals surface area contributed by atoms with Crippen LogP contribution in [0, 0.1) is 5.41 Å². The number of allylic oxidation sites excluding steroid dienone is 1. The molecule has 0 atom stereocenters. The molecule has 1 heteroatoms. The van der Waals surface area contributed by atoms with E-state index in [0.29, 0.717) is 5.41 Å². The summed E-state index contributed by atoms with van der Waals surface area (Å²) in [5, 5.41) is 0. The SMILES string of the molecule is CC/C(C)=C(/CN(CC)CC)C(C)(C)C. The van der Waals surface area contributed by atoms with Crippen LogP contribution in [-0.2, 0) is 0 Å². The highest BCUT2D eigenvalue weighted by Gasteiger charge is 2.20. The summed E-state index contributed by atoms with van der Waals surface area (Å²) in [6.07, 6.45) is 1.17. The van der Waals surface area contributed by atoms with Gasteiger partial charge in [-0.25, -0.2) is 0 Å². The molecule has 0 amide bonds. The van der Waals surface area contributed by atoms with E-state index < -0.39 is 0 Å². The molecule has 0 N–H and O–H groups in total. The van der Waals surface area contributed by atoms with Crippen LogP contribution in [0.25, 0.3) is 0 Å². The zero-order chi connectivity index (χ0) is 12.1. The minimum absolute atomic E-state index is 0.308. The molecule has 15 heavy (non-hydrogen) atoms. The number of hydrogen-bond acceptors (Lipinski definition) is 1. The largest absolute Gasteiger partial charge is 0.300 e. The van der Waals surface area contributed by atoms with E-state index in [4.69, 9.17) is 0 Å². The van der Waals surface area contributed by atoms with Gasteiger partial charge in [-0.2, -0.15) is 0 Å². The third kappa shape index (κ3) is 4.83. The Morgan fingerprint density at radius 2 is 1.47 bits per heavy atom. The Balaban J connectivity index is 4.83. The number of likely N-dealkylation sites (N-methyl/N-ethyl adjacent to an activating group) is 1. The molecular weight excluding hydrogens is 182 g/mol. The zero-order valence-electron chi connectivity index (χ0n) is 11.8. The Bertz CT molecular complexity index is 204. The van der Waals surface area contributed by atoms with Crippen molar-refractivity contribution in [2.75, 3.05) is 19.6 Å². The first-order chi connectivity index (χ1) is 6.86. The van der Waals surface area contributed by atoms with Crippen molar-refractivity contribution in [1.82, 2.24) is 4.90 Å². The van der Waals surface area contributed by atoms with E-state index in [9.17, 15) is 0 Å². The summed E-state index contributed by atoms with van der Waals surface area (Å²) < 4.78 is 0. The molecule has 0 fully saturated rings. The molecule has 0 aliphatic rings. The molecule has 0 saturated heterocycles. The van der Waals surface area contributed by atoms with Gasteiger partial charge in [0, 0.05) is 6.54 Å². The lowest BCUT2D eigenvalue weighted by Gasteiger charge is -2.30. The van der Waals surface area contributed by atoms with E-state index in [2.05, 4.69) is 53.4 Å². The first-order valence-corrected chi connectivity index (χ1v) is 6.28. The Morgan fingerprint density at radius 1 is 1.00 bits per heavy atom. The monoisotopic (exact) mass is 211 g/mol. The summed E-state index contributed by atoms with van der Waals surface area (Å²) in [4.78, 5) is 2.50. The number of nitrogens with zero attached hydrogens (tertiary/aromatic N) is 1. The number of rotatable bonds is 5. The van der Waals surface area contributed by atoms with Crippen molar-refractivity contribution in [1.29, 1.82) is 0 Å². The Morgan fingerprint density at radius 3 is 1.73 bits per heavy atom.